The van der Waals surface area contributed by atoms with Crippen molar-refractivity contribution in [3.63, 3.8) is 0 Å². The summed E-state index contributed by atoms with van der Waals surface area (Å²) in [6.07, 6.45) is 0. The lowest BCUT2D eigenvalue weighted by Crippen LogP contribution is -2.20. The van der Waals surface area contributed by atoms with Crippen LogP contribution in [0.2, 0.25) is 0 Å². The fourth-order valence-electron chi connectivity index (χ4n) is 2.82. The minimum Gasteiger partial charge on any atom is -0.462 e. The highest BCUT2D eigenvalue weighted by atomic mass is 16.5. The van der Waals surface area contributed by atoms with Gasteiger partial charge >= 0.3 is 5.97 Å². The number of carbonyl (C=O) groups excluding carboxylic acids is 3. The van der Waals surface area contributed by atoms with E-state index in [2.05, 4.69) is 5.32 Å². The van der Waals surface area contributed by atoms with Crippen LogP contribution in [0.15, 0.2) is 59.0 Å². The molecular weight excluding hydrogens is 388 g/mol. The predicted molar refractivity (Wildman–Crippen MR) is 109 cm³/mol. The molecule has 0 radical (unpaired) electrons. The standard InChI is InChI=1S/C22H20N2O6/c1-3-28-22(27)17-13(2)29-21(18(17)19(23)25)24-20(26)14-8-7-11-16(12-14)30-15-9-5-4-6-10-15/h4-12H,3H2,1-2H3,(H2,23,25)(H,24,26). The SMILES string of the molecule is CCOC(=O)c1c(C)oc(NC(=O)c2cccc(Oc3ccccc3)c2)c1C(N)=O. The van der Waals surface area contributed by atoms with E-state index in [1.54, 1.807) is 37.3 Å². The highest BCUT2D eigenvalue weighted by Gasteiger charge is 2.29. The van der Waals surface area contributed by atoms with Gasteiger partial charge in [-0.3, -0.25) is 14.9 Å². The Morgan fingerprint density at radius 1 is 1.00 bits per heavy atom. The third-order valence-corrected chi connectivity index (χ3v) is 4.11. The maximum atomic E-state index is 12.7. The topological polar surface area (TPSA) is 121 Å². The maximum Gasteiger partial charge on any atom is 0.342 e. The molecule has 0 atom stereocenters. The van der Waals surface area contributed by atoms with E-state index in [9.17, 15) is 14.4 Å². The van der Waals surface area contributed by atoms with E-state index in [1.807, 2.05) is 18.2 Å². The molecular formula is C22H20N2O6. The van der Waals surface area contributed by atoms with Gasteiger partial charge in [0.15, 0.2) is 0 Å². The highest BCUT2D eigenvalue weighted by Crippen LogP contribution is 2.29. The molecule has 3 aromatic rings. The average Bonchev–Trinajstić information content (AvgIpc) is 3.05. The van der Waals surface area contributed by atoms with Gasteiger partial charge in [0.2, 0.25) is 5.88 Å². The number of nitrogens with two attached hydrogens (primary N) is 1. The zero-order valence-electron chi connectivity index (χ0n) is 16.4. The summed E-state index contributed by atoms with van der Waals surface area (Å²) in [6.45, 7) is 3.21. The molecule has 2 aromatic carbocycles. The number of rotatable bonds is 7. The average molecular weight is 408 g/mol. The first kappa shape index (κ1) is 20.7. The fourth-order valence-corrected chi connectivity index (χ4v) is 2.82. The molecule has 1 aromatic heterocycles. The molecule has 8 heteroatoms. The quantitative estimate of drug-likeness (QED) is 0.572. The lowest BCUT2D eigenvalue weighted by atomic mass is 10.1. The van der Waals surface area contributed by atoms with Crippen LogP contribution in [0.25, 0.3) is 0 Å². The molecule has 0 aliphatic rings. The Labute approximate surface area is 172 Å². The van der Waals surface area contributed by atoms with E-state index in [-0.39, 0.29) is 34.9 Å². The number of benzene rings is 2. The Hall–Kier alpha value is -4.07. The van der Waals surface area contributed by atoms with E-state index >= 15 is 0 Å². The van der Waals surface area contributed by atoms with Gasteiger partial charge in [-0.05, 0) is 44.2 Å². The van der Waals surface area contributed by atoms with Crippen molar-refractivity contribution in [2.24, 2.45) is 5.73 Å². The first-order valence-corrected chi connectivity index (χ1v) is 9.15. The van der Waals surface area contributed by atoms with E-state index < -0.39 is 17.8 Å². The van der Waals surface area contributed by atoms with Crippen molar-refractivity contribution >= 4 is 23.7 Å². The van der Waals surface area contributed by atoms with Crippen molar-refractivity contribution in [3.05, 3.63) is 77.0 Å². The van der Waals surface area contributed by atoms with Crippen LogP contribution in [0.4, 0.5) is 5.88 Å². The Kier molecular flexibility index (Phi) is 6.17. The number of furan rings is 1. The summed E-state index contributed by atoms with van der Waals surface area (Å²) >= 11 is 0. The second-order valence-electron chi connectivity index (χ2n) is 6.22. The smallest absolute Gasteiger partial charge is 0.342 e. The van der Waals surface area contributed by atoms with E-state index in [1.165, 1.54) is 13.0 Å². The lowest BCUT2D eigenvalue weighted by molar-refractivity contribution is 0.0521. The first-order valence-electron chi connectivity index (χ1n) is 9.15. The molecule has 0 spiro atoms. The number of hydrogen-bond donors (Lipinski definition) is 2. The van der Waals surface area contributed by atoms with Gasteiger partial charge < -0.3 is 19.6 Å². The molecule has 2 amide bonds. The number of carbonyl (C=O) groups is 3. The van der Waals surface area contributed by atoms with Gasteiger partial charge in [0.25, 0.3) is 11.8 Å². The fraction of sp³-hybridized carbons (Fsp3) is 0.136. The number of nitrogens with one attached hydrogen (secondary N) is 1. The summed E-state index contributed by atoms with van der Waals surface area (Å²) < 4.78 is 16.1. The molecule has 0 saturated carbocycles. The second kappa shape index (κ2) is 8.95. The van der Waals surface area contributed by atoms with Gasteiger partial charge in [0.05, 0.1) is 6.61 Å². The Morgan fingerprint density at radius 2 is 1.70 bits per heavy atom. The molecule has 0 fully saturated rings. The number of anilines is 1. The van der Waals surface area contributed by atoms with E-state index in [0.29, 0.717) is 11.5 Å². The Bertz CT molecular complexity index is 1090. The van der Waals surface area contributed by atoms with Crippen LogP contribution in [0.3, 0.4) is 0 Å². The Balaban J connectivity index is 1.86. The minimum absolute atomic E-state index is 0.109. The van der Waals surface area contributed by atoms with Crippen molar-refractivity contribution in [2.75, 3.05) is 11.9 Å². The first-order chi connectivity index (χ1) is 14.4. The molecule has 0 aliphatic carbocycles. The monoisotopic (exact) mass is 408 g/mol. The molecule has 0 saturated heterocycles. The largest absolute Gasteiger partial charge is 0.462 e. The molecule has 0 unspecified atom stereocenters. The van der Waals surface area contributed by atoms with Crippen LogP contribution >= 0.6 is 0 Å². The molecule has 8 nitrogen and oxygen atoms in total. The van der Waals surface area contributed by atoms with Gasteiger partial charge in [0, 0.05) is 5.56 Å². The van der Waals surface area contributed by atoms with E-state index in [4.69, 9.17) is 19.6 Å². The molecule has 0 bridgehead atoms. The summed E-state index contributed by atoms with van der Waals surface area (Å²) in [5.74, 6) is -1.29. The third kappa shape index (κ3) is 4.49. The van der Waals surface area contributed by atoms with Crippen LogP contribution in [0, 0.1) is 6.92 Å². The molecule has 30 heavy (non-hydrogen) atoms. The number of esters is 1. The molecule has 154 valence electrons. The molecule has 1 heterocycles. The van der Waals surface area contributed by atoms with Gasteiger partial charge in [-0.1, -0.05) is 24.3 Å². The lowest BCUT2D eigenvalue weighted by Gasteiger charge is -2.08. The third-order valence-electron chi connectivity index (χ3n) is 4.11. The van der Waals surface area contributed by atoms with Crippen LogP contribution in [0.5, 0.6) is 11.5 Å². The number of hydrogen-bond acceptors (Lipinski definition) is 6. The van der Waals surface area contributed by atoms with Gasteiger partial charge in [-0.2, -0.15) is 0 Å². The molecule has 3 rings (SSSR count). The predicted octanol–water partition coefficient (Wildman–Crippen LogP) is 3.91. The van der Waals surface area contributed by atoms with Crippen molar-refractivity contribution in [2.45, 2.75) is 13.8 Å². The zero-order chi connectivity index (χ0) is 21.7. The van der Waals surface area contributed by atoms with Gasteiger partial charge in [-0.25, -0.2) is 4.79 Å². The zero-order valence-corrected chi connectivity index (χ0v) is 16.4. The number of ether oxygens (including phenoxy) is 2. The second-order valence-corrected chi connectivity index (χ2v) is 6.22. The number of aryl methyl sites for hydroxylation is 1. The maximum absolute atomic E-state index is 12.7. The number of primary amides is 1. The van der Waals surface area contributed by atoms with Crippen LogP contribution in [-0.4, -0.2) is 24.4 Å². The number of para-hydroxylation sites is 1. The highest BCUT2D eigenvalue weighted by molar-refractivity contribution is 6.12. The summed E-state index contributed by atoms with van der Waals surface area (Å²) in [5.41, 5.74) is 5.31. The van der Waals surface area contributed by atoms with Crippen molar-refractivity contribution in [1.29, 1.82) is 0 Å². The van der Waals surface area contributed by atoms with Crippen LogP contribution in [0.1, 0.15) is 43.8 Å². The van der Waals surface area contributed by atoms with Crippen molar-refractivity contribution in [1.82, 2.24) is 0 Å². The Morgan fingerprint density at radius 3 is 2.37 bits per heavy atom. The summed E-state index contributed by atoms with van der Waals surface area (Å²) in [6, 6.07) is 15.6. The summed E-state index contributed by atoms with van der Waals surface area (Å²) in [7, 11) is 0. The molecule has 0 aliphatic heterocycles. The van der Waals surface area contributed by atoms with Crippen molar-refractivity contribution in [3.8, 4) is 11.5 Å². The molecule has 3 N–H and O–H groups in total. The van der Waals surface area contributed by atoms with Crippen LogP contribution in [-0.2, 0) is 4.74 Å². The van der Waals surface area contributed by atoms with Crippen molar-refractivity contribution < 1.29 is 28.3 Å². The number of amides is 2. The van der Waals surface area contributed by atoms with Gasteiger partial charge in [-0.15, -0.1) is 0 Å². The summed E-state index contributed by atoms with van der Waals surface area (Å²) in [4.78, 5) is 36.8. The summed E-state index contributed by atoms with van der Waals surface area (Å²) in [5, 5.41) is 2.49. The normalized spacial score (nSPS) is 10.3. The van der Waals surface area contributed by atoms with Gasteiger partial charge in [0.1, 0.15) is 28.4 Å². The van der Waals surface area contributed by atoms with Crippen LogP contribution < -0.4 is 15.8 Å². The minimum atomic E-state index is -0.925. The van der Waals surface area contributed by atoms with E-state index in [0.717, 1.165) is 0 Å².